The van der Waals surface area contributed by atoms with E-state index < -0.39 is 5.97 Å². The molecule has 0 saturated carbocycles. The van der Waals surface area contributed by atoms with Crippen LogP contribution in [0.15, 0.2) is 36.7 Å². The normalized spacial score (nSPS) is 10.5. The van der Waals surface area contributed by atoms with Gasteiger partial charge in [-0.1, -0.05) is 11.6 Å². The van der Waals surface area contributed by atoms with E-state index in [0.717, 1.165) is 5.69 Å². The molecule has 1 aromatic carbocycles. The summed E-state index contributed by atoms with van der Waals surface area (Å²) in [6.07, 6.45) is 3.28. The van der Waals surface area contributed by atoms with Gasteiger partial charge in [0.05, 0.1) is 34.8 Å². The number of esters is 1. The summed E-state index contributed by atoms with van der Waals surface area (Å²) in [5.41, 5.74) is 8.37. The molecule has 2 aromatic heterocycles. The molecule has 2 heterocycles. The van der Waals surface area contributed by atoms with Crippen LogP contribution in [-0.4, -0.2) is 27.4 Å². The van der Waals surface area contributed by atoms with Gasteiger partial charge >= 0.3 is 5.97 Å². The van der Waals surface area contributed by atoms with Crippen LogP contribution in [0.2, 0.25) is 5.02 Å². The van der Waals surface area contributed by atoms with Crippen LogP contribution in [0.3, 0.4) is 0 Å². The van der Waals surface area contributed by atoms with E-state index in [1.54, 1.807) is 29.1 Å². The first kappa shape index (κ1) is 16.6. The number of hydrogen-bond acceptors (Lipinski definition) is 5. The Morgan fingerprint density at radius 2 is 2.16 bits per heavy atom. The summed E-state index contributed by atoms with van der Waals surface area (Å²) in [5.74, 6) is -0.637. The molecular weight excluding hydrogens is 342 g/mol. The van der Waals surface area contributed by atoms with Crippen LogP contribution in [0.4, 0.5) is 5.69 Å². The first-order valence-electron chi connectivity index (χ1n) is 7.28. The summed E-state index contributed by atoms with van der Waals surface area (Å²) in [7, 11) is 1.25. The number of benzene rings is 1. The van der Waals surface area contributed by atoms with Crippen molar-refractivity contribution in [2.75, 3.05) is 12.8 Å². The summed E-state index contributed by atoms with van der Waals surface area (Å²) in [5, 5.41) is 13.9. The quantitative estimate of drug-likeness (QED) is 0.728. The number of nitrogens with zero attached hydrogens (tertiary/aromatic N) is 4. The summed E-state index contributed by atoms with van der Waals surface area (Å²) in [4.78, 5) is 12.1. The third-order valence-electron chi connectivity index (χ3n) is 3.72. The van der Waals surface area contributed by atoms with E-state index in [0.29, 0.717) is 16.4 Å². The molecule has 0 spiro atoms. The van der Waals surface area contributed by atoms with Gasteiger partial charge < -0.3 is 15.0 Å². The number of aryl methyl sites for hydroxylation is 1. The first-order chi connectivity index (χ1) is 12.0. The predicted octanol–water partition coefficient (Wildman–Crippen LogP) is 2.87. The number of carbonyl (C=O) groups excluding carboxylic acids is 1. The maximum absolute atomic E-state index is 12.1. The zero-order valence-electron chi connectivity index (χ0n) is 13.5. The fraction of sp³-hybridized carbons (Fsp3) is 0.118. The van der Waals surface area contributed by atoms with Crippen LogP contribution in [0, 0.1) is 18.3 Å². The molecule has 2 N–H and O–H groups in total. The Kier molecular flexibility index (Phi) is 4.21. The van der Waals surface area contributed by atoms with Crippen molar-refractivity contribution in [3.63, 3.8) is 0 Å². The van der Waals surface area contributed by atoms with Gasteiger partial charge in [0, 0.05) is 18.1 Å². The fourth-order valence-electron chi connectivity index (χ4n) is 2.50. The molecule has 126 valence electrons. The molecule has 0 aliphatic rings. The standard InChI is InChI=1S/C17H14ClN5O2/c1-10-5-6-23(21-10)14-4-3-12(7-13(14)18)22-9-11(8-19)15(20)16(22)17(24)25-2/h3-7,9H,20H2,1-2H3. The lowest BCUT2D eigenvalue weighted by Gasteiger charge is -2.11. The number of aromatic nitrogens is 3. The molecule has 0 aliphatic carbocycles. The number of rotatable bonds is 3. The Labute approximate surface area is 148 Å². The van der Waals surface area contributed by atoms with Crippen LogP contribution in [-0.2, 0) is 4.74 Å². The highest BCUT2D eigenvalue weighted by Gasteiger charge is 2.22. The average Bonchev–Trinajstić information content (AvgIpc) is 3.17. The molecule has 8 heteroatoms. The molecule has 3 rings (SSSR count). The molecule has 0 radical (unpaired) electrons. The maximum Gasteiger partial charge on any atom is 0.357 e. The SMILES string of the molecule is COC(=O)c1c(N)c(C#N)cn1-c1ccc(-n2ccc(C)n2)c(Cl)c1. The lowest BCUT2D eigenvalue weighted by Crippen LogP contribution is -2.11. The molecule has 3 aromatic rings. The molecule has 7 nitrogen and oxygen atoms in total. The second kappa shape index (κ2) is 6.34. The van der Waals surface area contributed by atoms with Gasteiger partial charge in [0.25, 0.3) is 0 Å². The topological polar surface area (TPSA) is 98.9 Å². The van der Waals surface area contributed by atoms with Gasteiger partial charge in [-0.25, -0.2) is 9.48 Å². The van der Waals surface area contributed by atoms with Crippen molar-refractivity contribution < 1.29 is 9.53 Å². The molecule has 25 heavy (non-hydrogen) atoms. The number of halogens is 1. The zero-order chi connectivity index (χ0) is 18.1. The lowest BCUT2D eigenvalue weighted by atomic mass is 10.2. The minimum absolute atomic E-state index is 0.0669. The highest BCUT2D eigenvalue weighted by molar-refractivity contribution is 6.32. The van der Waals surface area contributed by atoms with Gasteiger partial charge in [-0.2, -0.15) is 10.4 Å². The van der Waals surface area contributed by atoms with Crippen LogP contribution >= 0.6 is 11.6 Å². The monoisotopic (exact) mass is 355 g/mol. The van der Waals surface area contributed by atoms with E-state index in [1.165, 1.54) is 17.9 Å². The third-order valence-corrected chi connectivity index (χ3v) is 4.02. The van der Waals surface area contributed by atoms with Crippen molar-refractivity contribution in [1.82, 2.24) is 14.3 Å². The Bertz CT molecular complexity index is 1010. The molecule has 0 amide bonds. The van der Waals surface area contributed by atoms with Crippen molar-refractivity contribution in [2.45, 2.75) is 6.92 Å². The molecule has 0 fully saturated rings. The third kappa shape index (κ3) is 2.84. The number of carbonyl (C=O) groups is 1. The van der Waals surface area contributed by atoms with Crippen molar-refractivity contribution in [1.29, 1.82) is 5.26 Å². The molecule has 0 aliphatic heterocycles. The number of nitrogen functional groups attached to an aromatic ring is 1. The highest BCUT2D eigenvalue weighted by atomic mass is 35.5. The Morgan fingerprint density at radius 3 is 2.72 bits per heavy atom. The van der Waals surface area contributed by atoms with Gasteiger partial charge in [0.2, 0.25) is 0 Å². The van der Waals surface area contributed by atoms with Crippen LogP contribution in [0.5, 0.6) is 0 Å². The fourth-order valence-corrected chi connectivity index (χ4v) is 2.76. The van der Waals surface area contributed by atoms with Gasteiger partial charge in [-0.05, 0) is 31.2 Å². The van der Waals surface area contributed by atoms with Crippen molar-refractivity contribution in [2.24, 2.45) is 0 Å². The van der Waals surface area contributed by atoms with E-state index in [2.05, 4.69) is 5.10 Å². The van der Waals surface area contributed by atoms with E-state index >= 15 is 0 Å². The molecule has 0 atom stereocenters. The summed E-state index contributed by atoms with van der Waals surface area (Å²) in [6, 6.07) is 9.02. The second-order valence-corrected chi connectivity index (χ2v) is 5.72. The molecular formula is C17H14ClN5O2. The lowest BCUT2D eigenvalue weighted by molar-refractivity contribution is 0.0593. The minimum Gasteiger partial charge on any atom is -0.464 e. The number of nitrogens with two attached hydrogens (primary N) is 1. The van der Waals surface area contributed by atoms with Crippen LogP contribution in [0.1, 0.15) is 21.7 Å². The van der Waals surface area contributed by atoms with E-state index in [4.69, 9.17) is 22.1 Å². The van der Waals surface area contributed by atoms with Crippen LogP contribution < -0.4 is 5.73 Å². The Balaban J connectivity index is 2.13. The summed E-state index contributed by atoms with van der Waals surface area (Å²) in [6.45, 7) is 1.88. The minimum atomic E-state index is -0.637. The van der Waals surface area contributed by atoms with E-state index in [-0.39, 0.29) is 16.9 Å². The molecule has 0 bridgehead atoms. The largest absolute Gasteiger partial charge is 0.464 e. The van der Waals surface area contributed by atoms with Crippen LogP contribution in [0.25, 0.3) is 11.4 Å². The zero-order valence-corrected chi connectivity index (χ0v) is 14.3. The first-order valence-corrected chi connectivity index (χ1v) is 7.66. The molecule has 0 unspecified atom stereocenters. The Morgan fingerprint density at radius 1 is 1.40 bits per heavy atom. The number of nitriles is 1. The number of methoxy groups -OCH3 is 1. The van der Waals surface area contributed by atoms with Gasteiger partial charge in [0.15, 0.2) is 5.69 Å². The van der Waals surface area contributed by atoms with Crippen molar-refractivity contribution in [3.05, 3.63) is 58.6 Å². The van der Waals surface area contributed by atoms with Gasteiger partial charge in [0.1, 0.15) is 6.07 Å². The van der Waals surface area contributed by atoms with E-state index in [1.807, 2.05) is 19.1 Å². The average molecular weight is 356 g/mol. The molecule has 0 saturated heterocycles. The predicted molar refractivity (Wildman–Crippen MR) is 93.1 cm³/mol. The second-order valence-electron chi connectivity index (χ2n) is 5.32. The summed E-state index contributed by atoms with van der Waals surface area (Å²) >= 11 is 6.38. The van der Waals surface area contributed by atoms with E-state index in [9.17, 15) is 10.1 Å². The smallest absolute Gasteiger partial charge is 0.357 e. The van der Waals surface area contributed by atoms with Crippen molar-refractivity contribution >= 4 is 23.3 Å². The maximum atomic E-state index is 12.1. The van der Waals surface area contributed by atoms with Gasteiger partial charge in [-0.3, -0.25) is 0 Å². The van der Waals surface area contributed by atoms with Gasteiger partial charge in [-0.15, -0.1) is 0 Å². The Hall–Kier alpha value is -3.24. The highest BCUT2D eigenvalue weighted by Crippen LogP contribution is 2.28. The number of ether oxygens (including phenoxy) is 1. The number of hydrogen-bond donors (Lipinski definition) is 1. The number of anilines is 1. The van der Waals surface area contributed by atoms with Crippen molar-refractivity contribution in [3.8, 4) is 17.4 Å². The summed E-state index contributed by atoms with van der Waals surface area (Å²) < 4.78 is 7.92.